The molecule has 3 aliphatic carbocycles. The zero-order valence-electron chi connectivity index (χ0n) is 39.8. The van der Waals surface area contributed by atoms with Gasteiger partial charge in [-0.15, -0.1) is 0 Å². The van der Waals surface area contributed by atoms with E-state index in [9.17, 15) is 23.3 Å². The molecule has 2 aromatic heterocycles. The first-order chi connectivity index (χ1) is 32.6. The normalized spacial score (nSPS) is 25.3. The fourth-order valence-electron chi connectivity index (χ4n) is 11.9. The quantitative estimate of drug-likeness (QED) is 0.0692. The Kier molecular flexibility index (Phi) is 12.5. The first-order valence-corrected chi connectivity index (χ1v) is 25.8. The lowest BCUT2D eigenvalue weighted by molar-refractivity contribution is -0.384. The highest BCUT2D eigenvalue weighted by atomic mass is 32.2. The molecule has 0 radical (unpaired) electrons. The summed E-state index contributed by atoms with van der Waals surface area (Å²) in [7, 11) is -0.0332. The van der Waals surface area contributed by atoms with E-state index < -0.39 is 31.4 Å². The highest BCUT2D eigenvalue weighted by molar-refractivity contribution is 7.90. The molecule has 68 heavy (non-hydrogen) atoms. The molecule has 18 heteroatoms. The lowest BCUT2D eigenvalue weighted by Crippen LogP contribution is -2.47. The van der Waals surface area contributed by atoms with Gasteiger partial charge in [0, 0.05) is 74.7 Å². The van der Waals surface area contributed by atoms with Crippen LogP contribution in [0.25, 0.3) is 11.0 Å². The average molecular weight is 952 g/mol. The van der Waals surface area contributed by atoms with Crippen molar-refractivity contribution in [1.29, 1.82) is 0 Å². The van der Waals surface area contributed by atoms with Gasteiger partial charge < -0.3 is 39.2 Å². The summed E-state index contributed by atoms with van der Waals surface area (Å²) in [6.07, 6.45) is 12.2. The zero-order valence-corrected chi connectivity index (χ0v) is 40.6. The molecule has 1 atom stereocenters. The number of aromatic amines is 1. The number of nitro groups is 1. The molecule has 5 heterocycles. The molecule has 364 valence electrons. The number of amides is 1. The number of fused-ring (bicyclic) bond motifs is 4. The van der Waals surface area contributed by atoms with E-state index in [0.717, 1.165) is 49.9 Å². The first kappa shape index (κ1) is 46.5. The number of pyridine rings is 1. The Morgan fingerprint density at radius 2 is 1.78 bits per heavy atom. The number of carbonyl (C=O) groups is 1. The van der Waals surface area contributed by atoms with Crippen LogP contribution >= 0.6 is 0 Å². The van der Waals surface area contributed by atoms with Gasteiger partial charge in [-0.05, 0) is 125 Å². The minimum atomic E-state index is -4.59. The van der Waals surface area contributed by atoms with Crippen molar-refractivity contribution in [3.63, 3.8) is 0 Å². The van der Waals surface area contributed by atoms with Crippen LogP contribution in [0.2, 0.25) is 0 Å². The number of nitrogens with zero attached hydrogens (tertiary/aromatic N) is 6. The third kappa shape index (κ3) is 9.05. The molecule has 3 aliphatic heterocycles. The SMILES string of the molecule is CN(C)C12CCC(C3=C(CN4CCN(c5ccc(C(=O)NS(=O)(=O)c6ccc(NC[C@H]7COCCO7)c([N+](=O)[O-])c6)c(N6CCCOc7nc8[nH]ccc8cc76)c5)CC4)CCC(C)(C)C3)(CC1)C2. The molecule has 0 spiro atoms. The Labute approximate surface area is 398 Å². The Balaban J connectivity index is 0.914. The predicted molar refractivity (Wildman–Crippen MR) is 262 cm³/mol. The van der Waals surface area contributed by atoms with E-state index in [4.69, 9.17) is 19.2 Å². The minimum Gasteiger partial charge on any atom is -0.476 e. The minimum absolute atomic E-state index is 0.119. The molecule has 2 saturated heterocycles. The van der Waals surface area contributed by atoms with Crippen molar-refractivity contribution in [2.45, 2.75) is 88.2 Å². The third-order valence-electron chi connectivity index (χ3n) is 15.9. The number of sulfonamides is 1. The number of hydrogen-bond acceptors (Lipinski definition) is 14. The Hall–Kier alpha value is -5.27. The Morgan fingerprint density at radius 1 is 0.971 bits per heavy atom. The van der Waals surface area contributed by atoms with Crippen molar-refractivity contribution in [1.82, 2.24) is 24.5 Å². The molecule has 0 unspecified atom stereocenters. The van der Waals surface area contributed by atoms with Crippen LogP contribution in [0.15, 0.2) is 70.8 Å². The van der Waals surface area contributed by atoms with Crippen molar-refractivity contribution >= 4 is 55.4 Å². The molecule has 6 aliphatic rings. The Bertz CT molecular complexity index is 2710. The molecule has 4 fully saturated rings. The molecule has 1 amide bonds. The number of carbonyl (C=O) groups excluding carboxylic acids is 1. The van der Waals surface area contributed by atoms with E-state index in [-0.39, 0.29) is 23.9 Å². The van der Waals surface area contributed by atoms with Crippen LogP contribution in [-0.4, -0.2) is 137 Å². The van der Waals surface area contributed by atoms with Crippen molar-refractivity contribution < 1.29 is 32.3 Å². The second-order valence-corrected chi connectivity index (χ2v) is 22.5. The van der Waals surface area contributed by atoms with Gasteiger partial charge in [0.05, 0.1) is 53.6 Å². The van der Waals surface area contributed by atoms with E-state index in [1.807, 2.05) is 35.4 Å². The van der Waals surface area contributed by atoms with Crippen molar-refractivity contribution in [3.05, 3.63) is 81.6 Å². The zero-order chi connectivity index (χ0) is 47.4. The summed E-state index contributed by atoms with van der Waals surface area (Å²) < 4.78 is 47.4. The van der Waals surface area contributed by atoms with E-state index in [0.29, 0.717) is 78.7 Å². The number of aromatic nitrogens is 2. The lowest BCUT2D eigenvalue weighted by atomic mass is 9.64. The van der Waals surface area contributed by atoms with Gasteiger partial charge >= 0.3 is 0 Å². The van der Waals surface area contributed by atoms with Crippen LogP contribution in [0.4, 0.5) is 28.4 Å². The number of H-pyrrole nitrogens is 1. The van der Waals surface area contributed by atoms with Gasteiger partial charge in [0.15, 0.2) is 0 Å². The summed E-state index contributed by atoms with van der Waals surface area (Å²) in [4.78, 5) is 43.0. The molecule has 4 aromatic rings. The molecule has 10 rings (SSSR count). The van der Waals surface area contributed by atoms with Crippen LogP contribution in [0.5, 0.6) is 5.88 Å². The van der Waals surface area contributed by atoms with Crippen LogP contribution in [0, 0.1) is 20.9 Å². The molecular formula is C50H65N9O8S. The van der Waals surface area contributed by atoms with Gasteiger partial charge in [-0.3, -0.25) is 19.8 Å². The maximum Gasteiger partial charge on any atom is 0.293 e. The smallest absolute Gasteiger partial charge is 0.293 e. The highest BCUT2D eigenvalue weighted by Gasteiger charge is 2.57. The molecule has 3 N–H and O–H groups in total. The lowest BCUT2D eigenvalue weighted by Gasteiger charge is -2.43. The third-order valence-corrected chi connectivity index (χ3v) is 17.2. The number of nitro benzene ring substituents is 1. The van der Waals surface area contributed by atoms with E-state index in [2.05, 4.69) is 57.7 Å². The van der Waals surface area contributed by atoms with Crippen molar-refractivity contribution in [2.24, 2.45) is 10.8 Å². The molecule has 2 bridgehead atoms. The summed E-state index contributed by atoms with van der Waals surface area (Å²) in [5.74, 6) is -0.467. The van der Waals surface area contributed by atoms with Crippen LogP contribution in [-0.2, 0) is 19.5 Å². The van der Waals surface area contributed by atoms with Gasteiger partial charge in [0.1, 0.15) is 17.0 Å². The summed E-state index contributed by atoms with van der Waals surface area (Å²) in [6.45, 7) is 11.6. The second kappa shape index (κ2) is 18.2. The summed E-state index contributed by atoms with van der Waals surface area (Å²) in [5, 5.41) is 16.1. The van der Waals surface area contributed by atoms with E-state index in [1.165, 1.54) is 63.5 Å². The highest BCUT2D eigenvalue weighted by Crippen LogP contribution is 2.64. The van der Waals surface area contributed by atoms with Gasteiger partial charge in [-0.25, -0.2) is 13.1 Å². The number of piperazine rings is 1. The standard InChI is InChI=1S/C50H65N9O8S/c1-48(2)12-10-35(40(29-48)49-13-15-50(33-49,16-14-49)55(3)4)31-56-19-21-57(22-20-56)36-6-8-39(42(27-36)58-18-5-23-67-47-44(58)26-34-11-17-51-45(34)53-47)46(60)54-68(63,64)38-7-9-41(43(28-38)59(61)62)52-30-37-32-65-24-25-66-37/h6-9,11,17,26-28,37,52H,5,10,12-16,18-25,29-33H2,1-4H3,(H,51,53)(H,54,60)/t37-,49?,50?/m0/s1. The van der Waals surface area contributed by atoms with Gasteiger partial charge in [-0.2, -0.15) is 4.98 Å². The predicted octanol–water partition coefficient (Wildman–Crippen LogP) is 7.23. The molecule has 17 nitrogen and oxygen atoms in total. The van der Waals surface area contributed by atoms with Crippen LogP contribution in [0.3, 0.4) is 0 Å². The average Bonchev–Trinajstić information content (AvgIpc) is 4.03. The second-order valence-electron chi connectivity index (χ2n) is 20.9. The molecule has 2 saturated carbocycles. The number of rotatable bonds is 13. The number of allylic oxidation sites excluding steroid dienone is 1. The first-order valence-electron chi connectivity index (χ1n) is 24.3. The number of anilines is 4. The fourth-order valence-corrected chi connectivity index (χ4v) is 12.9. The van der Waals surface area contributed by atoms with E-state index >= 15 is 0 Å². The van der Waals surface area contributed by atoms with Crippen molar-refractivity contribution in [2.75, 3.05) is 101 Å². The molecule has 2 aromatic carbocycles. The monoisotopic (exact) mass is 951 g/mol. The number of nitrogens with one attached hydrogen (secondary N) is 3. The van der Waals surface area contributed by atoms with E-state index in [1.54, 1.807) is 17.2 Å². The Morgan fingerprint density at radius 3 is 2.51 bits per heavy atom. The van der Waals surface area contributed by atoms with Gasteiger partial charge in [0.2, 0.25) is 5.88 Å². The maximum atomic E-state index is 14.4. The summed E-state index contributed by atoms with van der Waals surface area (Å²) in [5.41, 5.74) is 6.98. The number of ether oxygens (including phenoxy) is 3. The van der Waals surface area contributed by atoms with Crippen LogP contribution in [0.1, 0.15) is 82.0 Å². The maximum absolute atomic E-state index is 14.4. The summed E-state index contributed by atoms with van der Waals surface area (Å²) in [6, 6.07) is 13.0. The van der Waals surface area contributed by atoms with Gasteiger partial charge in [0.25, 0.3) is 21.6 Å². The molecular weight excluding hydrogens is 887 g/mol. The van der Waals surface area contributed by atoms with Crippen LogP contribution < -0.4 is 24.6 Å². The fraction of sp³-hybridized carbons (Fsp3) is 0.560. The topological polar surface area (TPSA) is 188 Å². The van der Waals surface area contributed by atoms with Gasteiger partial charge in [-0.1, -0.05) is 25.0 Å². The number of benzene rings is 2. The summed E-state index contributed by atoms with van der Waals surface area (Å²) >= 11 is 0. The van der Waals surface area contributed by atoms with Crippen molar-refractivity contribution in [3.8, 4) is 5.88 Å². The number of hydrogen-bond donors (Lipinski definition) is 3. The largest absolute Gasteiger partial charge is 0.476 e.